The van der Waals surface area contributed by atoms with E-state index < -0.39 is 10.9 Å². The minimum atomic E-state index is -1.19. The molecular formula is C9H21Cl3CoP. The Morgan fingerprint density at radius 2 is 1.00 bits per heavy atom. The van der Waals surface area contributed by atoms with Crippen molar-refractivity contribution < 1.29 is 10.9 Å². The summed E-state index contributed by atoms with van der Waals surface area (Å²) >= 11 is 0. The average molecular weight is 326 g/mol. The van der Waals surface area contributed by atoms with Crippen molar-refractivity contribution in [3.8, 4) is 0 Å². The Bertz CT molecular complexity index is 87.0. The van der Waals surface area contributed by atoms with Gasteiger partial charge in [0, 0.05) is 0 Å². The molecule has 0 radical (unpaired) electrons. The summed E-state index contributed by atoms with van der Waals surface area (Å²) in [6.45, 7) is 6.92. The number of halogens is 3. The molecule has 0 aromatic carbocycles. The van der Waals surface area contributed by atoms with Crippen LogP contribution in [0.2, 0.25) is 0 Å². The number of hydrogen-bond donors (Lipinski definition) is 0. The Morgan fingerprint density at radius 1 is 0.786 bits per heavy atom. The van der Waals surface area contributed by atoms with Crippen molar-refractivity contribution >= 4 is 38.4 Å². The quantitative estimate of drug-likeness (QED) is 0.544. The molecule has 0 saturated heterocycles. The molecule has 92 valence electrons. The van der Waals surface area contributed by atoms with Gasteiger partial charge in [0.2, 0.25) is 0 Å². The molecule has 5 heteroatoms. The maximum atomic E-state index is 4.87. The monoisotopic (exact) mass is 324 g/mol. The molecule has 0 aliphatic carbocycles. The van der Waals surface area contributed by atoms with Gasteiger partial charge in [-0.1, -0.05) is 40.0 Å². The fraction of sp³-hybridized carbons (Fsp3) is 1.00. The third kappa shape index (κ3) is 19.4. The Hall–Kier alpha value is 1.81. The molecule has 14 heavy (non-hydrogen) atoms. The van der Waals surface area contributed by atoms with E-state index in [9.17, 15) is 0 Å². The van der Waals surface area contributed by atoms with Crippen LogP contribution in [0.4, 0.5) is 0 Å². The van der Waals surface area contributed by atoms with E-state index in [1.165, 1.54) is 37.7 Å². The third-order valence-corrected chi connectivity index (χ3v) is 4.86. The zero-order chi connectivity index (χ0) is 11.4. The van der Waals surface area contributed by atoms with Crippen LogP contribution in [0, 0.1) is 0 Å². The molecule has 0 amide bonds. The van der Waals surface area contributed by atoms with Gasteiger partial charge in [0.05, 0.1) is 0 Å². The van der Waals surface area contributed by atoms with Gasteiger partial charge in [0.15, 0.2) is 0 Å². The second kappa shape index (κ2) is 14.8. The van der Waals surface area contributed by atoms with Crippen LogP contribution in [0.5, 0.6) is 0 Å². The second-order valence-electron chi connectivity index (χ2n) is 2.98. The molecule has 0 bridgehead atoms. The van der Waals surface area contributed by atoms with Crippen LogP contribution in [-0.4, -0.2) is 18.5 Å². The molecule has 0 aromatic rings. The summed E-state index contributed by atoms with van der Waals surface area (Å²) in [5.74, 6) is 0. The second-order valence-corrected chi connectivity index (χ2v) is 10.8. The molecule has 0 spiro atoms. The van der Waals surface area contributed by atoms with Crippen molar-refractivity contribution in [2.24, 2.45) is 0 Å². The van der Waals surface area contributed by atoms with Crippen LogP contribution in [0.1, 0.15) is 40.0 Å². The number of hydrogen-bond acceptors (Lipinski definition) is 0. The van der Waals surface area contributed by atoms with Gasteiger partial charge >= 0.3 is 41.4 Å². The van der Waals surface area contributed by atoms with Gasteiger partial charge in [0.25, 0.3) is 0 Å². The van der Waals surface area contributed by atoms with E-state index in [4.69, 9.17) is 30.4 Å². The first kappa shape index (κ1) is 18.2. The standard InChI is InChI=1S/C9H21P.3ClH.Co/c1-4-7-10(8-5-2)9-6-3;;;;/h4-9H2,1-3H3;3*1H;/q;;;;+3/p-3. The minimum absolute atomic E-state index is 0.439. The van der Waals surface area contributed by atoms with E-state index in [1.807, 2.05) is 0 Å². The van der Waals surface area contributed by atoms with Crippen molar-refractivity contribution in [3.63, 3.8) is 0 Å². The van der Waals surface area contributed by atoms with Crippen LogP contribution < -0.4 is 0 Å². The van der Waals surface area contributed by atoms with Gasteiger partial charge in [0.1, 0.15) is 0 Å². The molecular weight excluding hydrogens is 304 g/mol. The van der Waals surface area contributed by atoms with E-state index in [1.54, 1.807) is 0 Å². The molecule has 0 aliphatic rings. The first-order valence-electron chi connectivity index (χ1n) is 4.95. The zero-order valence-electron chi connectivity index (χ0n) is 9.16. The summed E-state index contributed by atoms with van der Waals surface area (Å²) < 4.78 is 0. The summed E-state index contributed by atoms with van der Waals surface area (Å²) in [6.07, 6.45) is 8.72. The maximum absolute atomic E-state index is 4.87. The van der Waals surface area contributed by atoms with Gasteiger partial charge in [-0.25, -0.2) is 0 Å². The van der Waals surface area contributed by atoms with Crippen LogP contribution in [0.3, 0.4) is 0 Å². The van der Waals surface area contributed by atoms with Gasteiger partial charge in [-0.3, -0.25) is 0 Å². The van der Waals surface area contributed by atoms with Gasteiger partial charge in [-0.15, -0.1) is 7.92 Å². The zero-order valence-corrected chi connectivity index (χ0v) is 13.4. The fourth-order valence-electron chi connectivity index (χ4n) is 1.28. The summed E-state index contributed by atoms with van der Waals surface area (Å²) in [5, 5.41) is 0. The van der Waals surface area contributed by atoms with Gasteiger partial charge < -0.3 is 0 Å². The molecule has 0 fully saturated rings. The molecule has 0 aromatic heterocycles. The van der Waals surface area contributed by atoms with Crippen molar-refractivity contribution in [3.05, 3.63) is 0 Å². The van der Waals surface area contributed by atoms with E-state index in [0.717, 1.165) is 0 Å². The SMILES string of the molecule is CCCP(CCC)CCC.[Cl][Co]([Cl])[Cl]. The van der Waals surface area contributed by atoms with Crippen LogP contribution in [-0.2, 0) is 10.9 Å². The summed E-state index contributed by atoms with van der Waals surface area (Å²) in [5.41, 5.74) is 0. The summed E-state index contributed by atoms with van der Waals surface area (Å²) in [6, 6.07) is 0. The molecule has 0 aliphatic heterocycles. The molecule has 0 N–H and O–H groups in total. The summed E-state index contributed by atoms with van der Waals surface area (Å²) in [4.78, 5) is 0. The normalized spacial score (nSPS) is 10.9. The van der Waals surface area contributed by atoms with E-state index >= 15 is 0 Å². The summed E-state index contributed by atoms with van der Waals surface area (Å²) in [7, 11) is 13.9. The van der Waals surface area contributed by atoms with Gasteiger partial charge in [-0.05, 0) is 18.5 Å². The van der Waals surface area contributed by atoms with Crippen LogP contribution in [0.25, 0.3) is 0 Å². The van der Waals surface area contributed by atoms with Gasteiger partial charge in [-0.2, -0.15) is 0 Å². The molecule has 0 nitrogen and oxygen atoms in total. The Labute approximate surface area is 107 Å². The van der Waals surface area contributed by atoms with Crippen LogP contribution >= 0.6 is 38.4 Å². The molecule has 0 heterocycles. The Kier molecular flexibility index (Phi) is 19.2. The van der Waals surface area contributed by atoms with Crippen molar-refractivity contribution in [2.75, 3.05) is 18.5 Å². The molecule has 0 unspecified atom stereocenters. The predicted molar refractivity (Wildman–Crippen MR) is 70.0 cm³/mol. The average Bonchev–Trinajstić information content (AvgIpc) is 2.04. The van der Waals surface area contributed by atoms with E-state index in [-0.39, 0.29) is 0 Å². The first-order valence-corrected chi connectivity index (χ1v) is 11.1. The number of rotatable bonds is 6. The van der Waals surface area contributed by atoms with Crippen molar-refractivity contribution in [1.82, 2.24) is 0 Å². The van der Waals surface area contributed by atoms with E-state index in [0.29, 0.717) is 7.92 Å². The first-order chi connectivity index (χ1) is 6.58. The van der Waals surface area contributed by atoms with Crippen LogP contribution in [0.15, 0.2) is 0 Å². The molecule has 0 rings (SSSR count). The Morgan fingerprint density at radius 3 is 1.14 bits per heavy atom. The third-order valence-electron chi connectivity index (χ3n) is 1.62. The fourth-order valence-corrected chi connectivity index (χ4v) is 3.85. The predicted octanol–water partition coefficient (Wildman–Crippen LogP) is 5.76. The topological polar surface area (TPSA) is 0 Å². The van der Waals surface area contributed by atoms with Crippen molar-refractivity contribution in [2.45, 2.75) is 40.0 Å². The van der Waals surface area contributed by atoms with E-state index in [2.05, 4.69) is 20.8 Å². The molecule has 0 atom stereocenters. The Balaban J connectivity index is 0. The molecule has 0 saturated carbocycles. The van der Waals surface area contributed by atoms with Crippen molar-refractivity contribution in [1.29, 1.82) is 0 Å².